The SMILES string of the molecule is CC(C)(C)OC(=O)NCCN(c1cc([N+](=O)[O-])c(Cl)s1)S(=O)O. The summed E-state index contributed by atoms with van der Waals surface area (Å²) >= 11 is 4.10. The average molecular weight is 386 g/mol. The molecule has 0 aliphatic carbocycles. The Morgan fingerprint density at radius 2 is 2.22 bits per heavy atom. The summed E-state index contributed by atoms with van der Waals surface area (Å²) in [5.41, 5.74) is -1.01. The fourth-order valence-electron chi connectivity index (χ4n) is 1.43. The third-order valence-electron chi connectivity index (χ3n) is 2.27. The number of nitrogens with one attached hydrogen (secondary N) is 1. The van der Waals surface area contributed by atoms with Gasteiger partial charge < -0.3 is 10.1 Å². The van der Waals surface area contributed by atoms with Gasteiger partial charge in [-0.15, -0.1) is 0 Å². The number of nitro groups is 1. The average Bonchev–Trinajstić information content (AvgIpc) is 2.73. The second kappa shape index (κ2) is 7.90. The van der Waals surface area contributed by atoms with Crippen molar-refractivity contribution in [1.29, 1.82) is 0 Å². The van der Waals surface area contributed by atoms with E-state index < -0.39 is 27.9 Å². The van der Waals surface area contributed by atoms with Crippen molar-refractivity contribution >= 4 is 51.0 Å². The lowest BCUT2D eigenvalue weighted by Gasteiger charge is -2.21. The molecule has 2 N–H and O–H groups in total. The highest BCUT2D eigenvalue weighted by atomic mass is 35.5. The fourth-order valence-corrected chi connectivity index (χ4v) is 3.34. The molecule has 1 atom stereocenters. The number of carbonyl (C=O) groups is 1. The van der Waals surface area contributed by atoms with Crippen LogP contribution >= 0.6 is 22.9 Å². The first-order chi connectivity index (χ1) is 10.5. The lowest BCUT2D eigenvalue weighted by Crippen LogP contribution is -2.38. The van der Waals surface area contributed by atoms with Crippen LogP contribution in [-0.4, -0.2) is 38.5 Å². The van der Waals surface area contributed by atoms with E-state index in [1.54, 1.807) is 20.8 Å². The summed E-state index contributed by atoms with van der Waals surface area (Å²) in [6.07, 6.45) is -0.670. The first kappa shape index (κ1) is 19.6. The molecule has 0 aromatic carbocycles. The summed E-state index contributed by atoms with van der Waals surface area (Å²) in [5, 5.41) is 13.3. The molecule has 0 aliphatic heterocycles. The predicted molar refractivity (Wildman–Crippen MR) is 88.3 cm³/mol. The summed E-state index contributed by atoms with van der Waals surface area (Å²) in [6.45, 7) is 5.05. The summed E-state index contributed by atoms with van der Waals surface area (Å²) in [6, 6.07) is 1.11. The molecule has 1 amide bonds. The van der Waals surface area contributed by atoms with Gasteiger partial charge in [0.1, 0.15) is 10.6 Å². The van der Waals surface area contributed by atoms with Gasteiger partial charge in [-0.2, -0.15) is 0 Å². The van der Waals surface area contributed by atoms with Crippen LogP contribution in [0.1, 0.15) is 20.8 Å². The maximum Gasteiger partial charge on any atom is 0.407 e. The van der Waals surface area contributed by atoms with E-state index in [9.17, 15) is 23.7 Å². The van der Waals surface area contributed by atoms with Crippen LogP contribution in [0.3, 0.4) is 0 Å². The largest absolute Gasteiger partial charge is 0.444 e. The van der Waals surface area contributed by atoms with Crippen molar-refractivity contribution in [3.05, 3.63) is 20.5 Å². The van der Waals surface area contributed by atoms with Crippen molar-refractivity contribution in [3.8, 4) is 0 Å². The molecule has 0 radical (unpaired) electrons. The van der Waals surface area contributed by atoms with E-state index in [1.165, 1.54) is 0 Å². The Morgan fingerprint density at radius 3 is 2.65 bits per heavy atom. The Kier molecular flexibility index (Phi) is 6.74. The second-order valence-corrected chi connectivity index (χ2v) is 7.80. The lowest BCUT2D eigenvalue weighted by molar-refractivity contribution is -0.384. The van der Waals surface area contributed by atoms with Gasteiger partial charge in [0.2, 0.25) is 0 Å². The van der Waals surface area contributed by atoms with Gasteiger partial charge in [-0.05, 0) is 20.8 Å². The van der Waals surface area contributed by atoms with E-state index in [4.69, 9.17) is 16.3 Å². The molecule has 0 spiro atoms. The van der Waals surface area contributed by atoms with Gasteiger partial charge in [0.25, 0.3) is 11.3 Å². The van der Waals surface area contributed by atoms with Gasteiger partial charge in [-0.25, -0.2) is 9.00 Å². The molecule has 1 aromatic heterocycles. The van der Waals surface area contributed by atoms with Crippen molar-refractivity contribution in [2.75, 3.05) is 17.4 Å². The molecule has 12 heteroatoms. The third-order valence-corrected chi connectivity index (χ3v) is 4.50. The number of carbonyl (C=O) groups excluding carboxylic acids is 1. The molecule has 0 fully saturated rings. The molecular formula is C11H16ClN3O6S2. The minimum Gasteiger partial charge on any atom is -0.444 e. The number of thiophene rings is 1. The summed E-state index contributed by atoms with van der Waals surface area (Å²) in [7, 11) is 0. The van der Waals surface area contributed by atoms with Crippen LogP contribution in [0.25, 0.3) is 0 Å². The van der Waals surface area contributed by atoms with Crippen LogP contribution in [0.4, 0.5) is 15.5 Å². The number of hydrogen-bond donors (Lipinski definition) is 2. The molecule has 0 bridgehead atoms. The minimum atomic E-state index is -2.43. The summed E-state index contributed by atoms with van der Waals surface area (Å²) < 4.78 is 26.6. The normalized spacial score (nSPS) is 12.6. The maximum atomic E-state index is 11.5. The molecule has 1 heterocycles. The number of hydrogen-bond acceptors (Lipinski definition) is 6. The number of nitrogens with zero attached hydrogens (tertiary/aromatic N) is 2. The number of ether oxygens (including phenoxy) is 1. The smallest absolute Gasteiger partial charge is 0.407 e. The fraction of sp³-hybridized carbons (Fsp3) is 0.545. The zero-order valence-corrected chi connectivity index (χ0v) is 15.0. The monoisotopic (exact) mass is 385 g/mol. The van der Waals surface area contributed by atoms with Crippen LogP contribution in [0.2, 0.25) is 4.34 Å². The summed E-state index contributed by atoms with van der Waals surface area (Å²) in [5.74, 6) is 0. The Hall–Kier alpha value is -1.43. The Balaban J connectivity index is 2.70. The van der Waals surface area contributed by atoms with Crippen molar-refractivity contribution < 1.29 is 23.2 Å². The molecule has 9 nitrogen and oxygen atoms in total. The molecule has 1 rings (SSSR count). The molecule has 0 aliphatic rings. The van der Waals surface area contributed by atoms with E-state index >= 15 is 0 Å². The predicted octanol–water partition coefficient (Wildman–Crippen LogP) is 2.78. The highest BCUT2D eigenvalue weighted by molar-refractivity contribution is 7.81. The molecule has 1 unspecified atom stereocenters. The van der Waals surface area contributed by atoms with Crippen LogP contribution in [0.15, 0.2) is 6.07 Å². The van der Waals surface area contributed by atoms with Gasteiger partial charge in [-0.1, -0.05) is 22.9 Å². The van der Waals surface area contributed by atoms with Crippen molar-refractivity contribution in [2.45, 2.75) is 26.4 Å². The van der Waals surface area contributed by atoms with Crippen LogP contribution < -0.4 is 9.62 Å². The first-order valence-corrected chi connectivity index (χ1v) is 8.56. The van der Waals surface area contributed by atoms with Crippen LogP contribution in [-0.2, 0) is 16.0 Å². The van der Waals surface area contributed by atoms with E-state index in [0.717, 1.165) is 21.7 Å². The first-order valence-electron chi connectivity index (χ1n) is 6.30. The topological polar surface area (TPSA) is 122 Å². The number of amides is 1. The number of halogens is 1. The molecule has 1 aromatic rings. The standard InChI is InChI=1S/C11H16ClN3O6S2/c1-11(2,3)21-10(16)13-4-5-14(23(19)20)8-6-7(15(17)18)9(12)22-8/h6H,4-5H2,1-3H3,(H,13,16)(H,19,20). The Morgan fingerprint density at radius 1 is 1.61 bits per heavy atom. The van der Waals surface area contributed by atoms with E-state index in [1.807, 2.05) is 0 Å². The highest BCUT2D eigenvalue weighted by Crippen LogP contribution is 2.39. The van der Waals surface area contributed by atoms with Gasteiger partial charge in [0.15, 0.2) is 4.34 Å². The number of rotatable bonds is 6. The van der Waals surface area contributed by atoms with E-state index in [0.29, 0.717) is 0 Å². The van der Waals surface area contributed by atoms with Crippen LogP contribution in [0, 0.1) is 10.1 Å². The van der Waals surface area contributed by atoms with Crippen LogP contribution in [0.5, 0.6) is 0 Å². The highest BCUT2D eigenvalue weighted by Gasteiger charge is 2.23. The quantitative estimate of drug-likeness (QED) is 0.441. The van der Waals surface area contributed by atoms with Crippen molar-refractivity contribution in [2.24, 2.45) is 0 Å². The molecular weight excluding hydrogens is 370 g/mol. The Bertz CT molecular complexity index is 615. The molecule has 130 valence electrons. The van der Waals surface area contributed by atoms with Gasteiger partial charge in [-0.3, -0.25) is 19.0 Å². The van der Waals surface area contributed by atoms with Gasteiger partial charge in [0.05, 0.1) is 17.5 Å². The summed E-state index contributed by atoms with van der Waals surface area (Å²) in [4.78, 5) is 21.6. The zero-order valence-electron chi connectivity index (χ0n) is 12.6. The minimum absolute atomic E-state index is 0.00449. The number of anilines is 1. The van der Waals surface area contributed by atoms with Gasteiger partial charge >= 0.3 is 11.8 Å². The maximum absolute atomic E-state index is 11.5. The molecule has 0 saturated heterocycles. The van der Waals surface area contributed by atoms with Crippen molar-refractivity contribution in [3.63, 3.8) is 0 Å². The zero-order chi connectivity index (χ0) is 17.8. The molecule has 0 saturated carbocycles. The number of alkyl carbamates (subject to hydrolysis) is 1. The van der Waals surface area contributed by atoms with E-state index in [-0.39, 0.29) is 28.1 Å². The van der Waals surface area contributed by atoms with Crippen molar-refractivity contribution in [1.82, 2.24) is 5.32 Å². The van der Waals surface area contributed by atoms with Gasteiger partial charge in [0, 0.05) is 6.54 Å². The second-order valence-electron chi connectivity index (χ2n) is 5.26. The molecule has 23 heavy (non-hydrogen) atoms. The van der Waals surface area contributed by atoms with E-state index in [2.05, 4.69) is 5.32 Å². The Labute approximate surface area is 144 Å². The lowest BCUT2D eigenvalue weighted by atomic mass is 10.2. The third kappa shape index (κ3) is 6.29.